The molecule has 1 aromatic rings. The minimum atomic E-state index is -1.06. The van der Waals surface area contributed by atoms with E-state index in [1.165, 1.54) is 17.0 Å². The van der Waals surface area contributed by atoms with Crippen LogP contribution in [0.15, 0.2) is 24.3 Å². The number of nitrogens with one attached hydrogen (secondary N) is 1. The zero-order valence-electron chi connectivity index (χ0n) is 20.4. The Kier molecular flexibility index (Phi) is 7.55. The summed E-state index contributed by atoms with van der Waals surface area (Å²) in [4.78, 5) is 45.0. The van der Waals surface area contributed by atoms with Gasteiger partial charge in [0.05, 0.1) is 0 Å². The van der Waals surface area contributed by atoms with E-state index in [2.05, 4.69) is 5.32 Å². The van der Waals surface area contributed by atoms with E-state index in [-0.39, 0.29) is 35.5 Å². The Morgan fingerprint density at radius 1 is 1.09 bits per heavy atom. The first-order chi connectivity index (χ1) is 16.3. The summed E-state index contributed by atoms with van der Waals surface area (Å²) in [7, 11) is 3.93. The molecule has 2 saturated heterocycles. The molecule has 4 amide bonds. The molecule has 3 aliphatic rings. The van der Waals surface area contributed by atoms with E-state index in [0.29, 0.717) is 45.3 Å². The van der Waals surface area contributed by atoms with Gasteiger partial charge in [0.25, 0.3) is 5.91 Å². The number of hydrogen-bond donors (Lipinski definition) is 1. The lowest BCUT2D eigenvalue weighted by Crippen LogP contribution is -2.58. The predicted molar refractivity (Wildman–Crippen MR) is 128 cm³/mol. The molecule has 1 saturated carbocycles. The lowest BCUT2D eigenvalue weighted by Gasteiger charge is -2.41. The number of carbonyl (C=O) groups excluding carboxylic acids is 3. The number of halogens is 1. The first-order valence-electron chi connectivity index (χ1n) is 12.6. The van der Waals surface area contributed by atoms with Gasteiger partial charge in [-0.1, -0.05) is 25.0 Å². The van der Waals surface area contributed by atoms with Crippen LogP contribution >= 0.6 is 0 Å². The number of likely N-dealkylation sites (tertiary alicyclic amines) is 1. The first-order valence-corrected chi connectivity index (χ1v) is 12.6. The summed E-state index contributed by atoms with van der Waals surface area (Å²) in [5, 5.41) is 3.06. The van der Waals surface area contributed by atoms with Crippen LogP contribution in [0.5, 0.6) is 0 Å². The fourth-order valence-electron chi connectivity index (χ4n) is 5.88. The second kappa shape index (κ2) is 10.4. The second-order valence-electron chi connectivity index (χ2n) is 10.4. The molecule has 0 spiro atoms. The molecule has 186 valence electrons. The summed E-state index contributed by atoms with van der Waals surface area (Å²) >= 11 is 0. The molecule has 2 aliphatic heterocycles. The third-order valence-corrected chi connectivity index (χ3v) is 7.79. The van der Waals surface area contributed by atoms with Crippen molar-refractivity contribution >= 4 is 17.8 Å². The third-order valence-electron chi connectivity index (χ3n) is 7.79. The van der Waals surface area contributed by atoms with Gasteiger partial charge in [-0.2, -0.15) is 0 Å². The quantitative estimate of drug-likeness (QED) is 0.591. The van der Waals surface area contributed by atoms with E-state index in [9.17, 15) is 18.8 Å². The highest BCUT2D eigenvalue weighted by Crippen LogP contribution is 2.37. The monoisotopic (exact) mass is 472 g/mol. The number of rotatable bonds is 8. The largest absolute Gasteiger partial charge is 0.342 e. The van der Waals surface area contributed by atoms with Crippen molar-refractivity contribution in [2.45, 2.75) is 56.9 Å². The predicted octanol–water partition coefficient (Wildman–Crippen LogP) is 3.04. The van der Waals surface area contributed by atoms with Crippen LogP contribution in [0.4, 0.5) is 9.18 Å². The minimum absolute atomic E-state index is 0.0829. The highest BCUT2D eigenvalue weighted by molar-refractivity contribution is 6.07. The maximum Gasteiger partial charge on any atom is 0.325 e. The molecule has 0 aromatic heterocycles. The molecule has 1 aliphatic carbocycles. The SMILES string of the molecule is CN(C)CCCN1C(=O)N[C@](Cc2ccc(F)cc2)(C2CCN(C(=O)C3CCCC3)CC2)C1=O. The lowest BCUT2D eigenvalue weighted by atomic mass is 9.73. The lowest BCUT2D eigenvalue weighted by molar-refractivity contribution is -0.138. The third kappa shape index (κ3) is 5.11. The number of hydrogen-bond acceptors (Lipinski definition) is 4. The van der Waals surface area contributed by atoms with Crippen LogP contribution in [-0.4, -0.2) is 78.4 Å². The molecular formula is C26H37FN4O3. The molecule has 0 bridgehead atoms. The van der Waals surface area contributed by atoms with Crippen molar-refractivity contribution in [3.8, 4) is 0 Å². The summed E-state index contributed by atoms with van der Waals surface area (Å²) in [6.07, 6.45) is 6.55. The smallest absolute Gasteiger partial charge is 0.325 e. The Morgan fingerprint density at radius 3 is 2.35 bits per heavy atom. The van der Waals surface area contributed by atoms with Gasteiger partial charge in [0, 0.05) is 32.0 Å². The Bertz CT molecular complexity index is 892. The minimum Gasteiger partial charge on any atom is -0.342 e. The van der Waals surface area contributed by atoms with Gasteiger partial charge in [-0.05, 0) is 76.4 Å². The van der Waals surface area contributed by atoms with Gasteiger partial charge in [-0.15, -0.1) is 0 Å². The Hall–Kier alpha value is -2.48. The van der Waals surface area contributed by atoms with Gasteiger partial charge < -0.3 is 15.1 Å². The average Bonchev–Trinajstić information content (AvgIpc) is 3.44. The number of urea groups is 1. The van der Waals surface area contributed by atoms with E-state index in [4.69, 9.17) is 0 Å². The van der Waals surface area contributed by atoms with Crippen molar-refractivity contribution in [3.05, 3.63) is 35.6 Å². The molecule has 8 heteroatoms. The molecule has 1 aromatic carbocycles. The number of piperidine rings is 1. The van der Waals surface area contributed by atoms with E-state index < -0.39 is 5.54 Å². The summed E-state index contributed by atoms with van der Waals surface area (Å²) in [6, 6.07) is 5.80. The van der Waals surface area contributed by atoms with E-state index in [0.717, 1.165) is 37.8 Å². The molecule has 1 N–H and O–H groups in total. The van der Waals surface area contributed by atoms with Crippen molar-refractivity contribution in [2.75, 3.05) is 40.3 Å². The molecule has 0 radical (unpaired) electrons. The van der Waals surface area contributed by atoms with Gasteiger partial charge in [-0.25, -0.2) is 9.18 Å². The fourth-order valence-corrected chi connectivity index (χ4v) is 5.88. The van der Waals surface area contributed by atoms with Crippen molar-refractivity contribution in [1.29, 1.82) is 0 Å². The average molecular weight is 473 g/mol. The standard InChI is InChI=1S/C26H37FN4O3/c1-29(2)14-5-15-31-24(33)26(28-25(31)34,18-19-8-10-22(27)11-9-19)21-12-16-30(17-13-21)23(32)20-6-3-4-7-20/h8-11,20-21H,3-7,12-18H2,1-2H3,(H,28,34)/t26-/m1/s1. The Morgan fingerprint density at radius 2 is 1.74 bits per heavy atom. The molecule has 0 unspecified atom stereocenters. The number of nitrogens with zero attached hydrogens (tertiary/aromatic N) is 3. The molecular weight excluding hydrogens is 435 g/mol. The van der Waals surface area contributed by atoms with Crippen molar-refractivity contribution in [1.82, 2.24) is 20.0 Å². The van der Waals surface area contributed by atoms with Crippen LogP contribution in [0.2, 0.25) is 0 Å². The number of carbonyl (C=O) groups is 3. The second-order valence-corrected chi connectivity index (χ2v) is 10.4. The molecule has 34 heavy (non-hydrogen) atoms. The molecule has 7 nitrogen and oxygen atoms in total. The van der Waals surface area contributed by atoms with Crippen LogP contribution in [-0.2, 0) is 16.0 Å². The van der Waals surface area contributed by atoms with E-state index in [1.807, 2.05) is 23.9 Å². The van der Waals surface area contributed by atoms with E-state index >= 15 is 0 Å². The maximum atomic E-state index is 13.8. The normalized spacial score (nSPS) is 24.4. The Labute approximate surface area is 201 Å². The van der Waals surface area contributed by atoms with Crippen molar-refractivity contribution in [3.63, 3.8) is 0 Å². The van der Waals surface area contributed by atoms with Crippen molar-refractivity contribution in [2.24, 2.45) is 11.8 Å². The summed E-state index contributed by atoms with van der Waals surface area (Å²) in [5.41, 5.74) is -0.246. The highest BCUT2D eigenvalue weighted by atomic mass is 19.1. The zero-order valence-corrected chi connectivity index (χ0v) is 20.4. The highest BCUT2D eigenvalue weighted by Gasteiger charge is 2.56. The molecule has 1 atom stereocenters. The summed E-state index contributed by atoms with van der Waals surface area (Å²) in [5.74, 6) is -0.217. The summed E-state index contributed by atoms with van der Waals surface area (Å²) in [6.45, 7) is 2.36. The van der Waals surface area contributed by atoms with Crippen LogP contribution in [0.1, 0.15) is 50.5 Å². The number of imide groups is 1. The molecule has 3 fully saturated rings. The molecule has 2 heterocycles. The van der Waals surface area contributed by atoms with Crippen LogP contribution in [0.25, 0.3) is 0 Å². The van der Waals surface area contributed by atoms with Gasteiger partial charge >= 0.3 is 6.03 Å². The number of amides is 4. The van der Waals surface area contributed by atoms with Gasteiger partial charge in [0.15, 0.2) is 0 Å². The van der Waals surface area contributed by atoms with Gasteiger partial charge in [0.2, 0.25) is 5.91 Å². The Balaban J connectivity index is 1.51. The number of benzene rings is 1. The van der Waals surface area contributed by atoms with Gasteiger partial charge in [0.1, 0.15) is 11.4 Å². The molecule has 4 rings (SSSR count). The first kappa shape index (κ1) is 24.6. The van der Waals surface area contributed by atoms with Crippen LogP contribution < -0.4 is 5.32 Å². The maximum absolute atomic E-state index is 13.8. The topological polar surface area (TPSA) is 73.0 Å². The fraction of sp³-hybridized carbons (Fsp3) is 0.654. The van der Waals surface area contributed by atoms with E-state index in [1.54, 1.807) is 12.1 Å². The van der Waals surface area contributed by atoms with Crippen LogP contribution in [0.3, 0.4) is 0 Å². The van der Waals surface area contributed by atoms with Crippen LogP contribution in [0, 0.1) is 17.7 Å². The van der Waals surface area contributed by atoms with Gasteiger partial charge in [-0.3, -0.25) is 14.5 Å². The van der Waals surface area contributed by atoms with Crippen molar-refractivity contribution < 1.29 is 18.8 Å². The zero-order chi connectivity index (χ0) is 24.3. The summed E-state index contributed by atoms with van der Waals surface area (Å²) < 4.78 is 13.5.